The Hall–Kier alpha value is -5.97. The molecule has 6 N–H and O–H groups in total. The van der Waals surface area contributed by atoms with E-state index < -0.39 is 77.4 Å². The molecule has 0 saturated carbocycles. The van der Waals surface area contributed by atoms with Crippen LogP contribution in [0.2, 0.25) is 0 Å². The average Bonchev–Trinajstić information content (AvgIpc) is 3.36. The number of carbonyl (C=O) groups excluding carboxylic acids is 1. The number of hydrogen-bond acceptors (Lipinski definition) is 11. The van der Waals surface area contributed by atoms with E-state index in [0.717, 1.165) is 20.7 Å². The van der Waals surface area contributed by atoms with Crippen molar-refractivity contribution in [2.45, 2.75) is 33.4 Å². The molecular weight excluding hydrogens is 813 g/mol. The second-order valence-electron chi connectivity index (χ2n) is 12.9. The Morgan fingerprint density at radius 2 is 0.893 bits per heavy atom. The van der Waals surface area contributed by atoms with Crippen LogP contribution in [0.1, 0.15) is 11.1 Å². The van der Waals surface area contributed by atoms with E-state index in [1.165, 1.54) is 86.6 Å². The van der Waals surface area contributed by atoms with Crippen molar-refractivity contribution >= 4 is 102 Å². The van der Waals surface area contributed by atoms with Gasteiger partial charge in [-0.05, 0) is 49.2 Å². The van der Waals surface area contributed by atoms with Gasteiger partial charge in [0.1, 0.15) is 31.1 Å². The van der Waals surface area contributed by atoms with Gasteiger partial charge in [-0.25, -0.2) is 30.2 Å². The summed E-state index contributed by atoms with van der Waals surface area (Å²) in [6.07, 6.45) is 0. The largest absolute Gasteiger partial charge is 0.506 e. The van der Waals surface area contributed by atoms with Crippen LogP contribution in [0.5, 0.6) is 11.5 Å². The second kappa shape index (κ2) is 12.0. The molecule has 6 aromatic carbocycles. The number of amides is 2. The Morgan fingerprint density at radius 1 is 0.554 bits per heavy atom. The van der Waals surface area contributed by atoms with Crippen molar-refractivity contribution in [3.8, 4) is 11.5 Å². The maximum Gasteiger partial charge on any atom is 0.323 e. The lowest BCUT2D eigenvalue weighted by molar-refractivity contribution is 0.262. The number of nitrogens with one attached hydrogen (secondary N) is 2. The predicted molar refractivity (Wildman–Crippen MR) is 205 cm³/mol. The lowest BCUT2D eigenvalue weighted by Crippen LogP contribution is -2.22. The van der Waals surface area contributed by atoms with Crippen LogP contribution in [0.25, 0.3) is 21.5 Å². The molecule has 2 aliphatic rings. The van der Waals surface area contributed by atoms with E-state index in [9.17, 15) is 57.8 Å². The zero-order chi connectivity index (χ0) is 40.4. The zero-order valence-electron chi connectivity index (χ0n) is 28.6. The van der Waals surface area contributed by atoms with E-state index in [1.807, 2.05) is 0 Å². The maximum absolute atomic E-state index is 14.3. The number of carbonyl (C=O) groups is 1. The summed E-state index contributed by atoms with van der Waals surface area (Å²) < 4.78 is 128. The average molecular weight is 839 g/mol. The Labute approximate surface area is 318 Å². The highest BCUT2D eigenvalue weighted by Crippen LogP contribution is 2.54. The van der Waals surface area contributed by atoms with E-state index in [-0.39, 0.29) is 66.8 Å². The van der Waals surface area contributed by atoms with Gasteiger partial charge in [-0.15, -0.1) is 0 Å². The molecule has 21 heteroatoms. The molecule has 0 atom stereocenters. The van der Waals surface area contributed by atoms with Gasteiger partial charge in [-0.1, -0.05) is 60.7 Å². The third-order valence-electron chi connectivity index (χ3n) is 9.49. The van der Waals surface area contributed by atoms with Crippen molar-refractivity contribution in [2.24, 2.45) is 0 Å². The Morgan fingerprint density at radius 3 is 1.23 bits per heavy atom. The van der Waals surface area contributed by atoms with Crippen LogP contribution in [0.4, 0.5) is 38.9 Å². The van der Waals surface area contributed by atoms with Crippen molar-refractivity contribution < 1.29 is 57.8 Å². The molecule has 0 saturated heterocycles. The number of urea groups is 1. The zero-order valence-corrected chi connectivity index (χ0v) is 31.8. The molecule has 2 heterocycles. The number of aromatic hydroxyl groups is 2. The van der Waals surface area contributed by atoms with Gasteiger partial charge in [-0.2, -0.15) is 16.8 Å². The van der Waals surface area contributed by atoms with Crippen LogP contribution in [-0.4, -0.2) is 59.0 Å². The lowest BCUT2D eigenvalue weighted by atomic mass is 10.1. The molecule has 56 heavy (non-hydrogen) atoms. The monoisotopic (exact) mass is 838 g/mol. The number of phenolic OH excluding ortho intramolecular Hbond substituents is 2. The van der Waals surface area contributed by atoms with Crippen LogP contribution in [0, 0.1) is 13.8 Å². The fourth-order valence-electron chi connectivity index (χ4n) is 7.18. The van der Waals surface area contributed by atoms with Crippen LogP contribution in [-0.2, 0) is 40.3 Å². The van der Waals surface area contributed by atoms with Crippen LogP contribution in [0.3, 0.4) is 0 Å². The first-order chi connectivity index (χ1) is 26.2. The van der Waals surface area contributed by atoms with E-state index in [2.05, 4.69) is 10.6 Å². The third kappa shape index (κ3) is 5.27. The summed E-state index contributed by atoms with van der Waals surface area (Å²) in [4.78, 5) is 11.2. The normalized spacial score (nSPS) is 15.4. The van der Waals surface area contributed by atoms with Crippen LogP contribution < -0.4 is 19.2 Å². The number of benzene rings is 6. The van der Waals surface area contributed by atoms with E-state index >= 15 is 0 Å². The quantitative estimate of drug-likeness (QED) is 0.108. The highest BCUT2D eigenvalue weighted by Gasteiger charge is 2.45. The van der Waals surface area contributed by atoms with Crippen molar-refractivity contribution in [2.75, 3.05) is 19.2 Å². The van der Waals surface area contributed by atoms with Gasteiger partial charge >= 0.3 is 6.03 Å². The Kier molecular flexibility index (Phi) is 7.93. The first-order valence-electron chi connectivity index (χ1n) is 16.1. The summed E-state index contributed by atoms with van der Waals surface area (Å²) in [6, 6.07) is 17.4. The summed E-state index contributed by atoms with van der Waals surface area (Å²) in [7, 11) is -19.4. The fourth-order valence-corrected chi connectivity index (χ4v) is 12.2. The molecule has 0 spiro atoms. The van der Waals surface area contributed by atoms with E-state index in [4.69, 9.17) is 0 Å². The summed E-state index contributed by atoms with van der Waals surface area (Å²) in [5, 5.41) is 26.4. The highest BCUT2D eigenvalue weighted by molar-refractivity contribution is 7.94. The topological polar surface area (TPSA) is 265 Å². The second-order valence-corrected chi connectivity index (χ2v) is 19.1. The van der Waals surface area contributed by atoms with Gasteiger partial charge in [0.2, 0.25) is 0 Å². The van der Waals surface area contributed by atoms with Crippen molar-refractivity contribution in [3.05, 3.63) is 96.1 Å². The number of fused-ring (bicyclic) bond motifs is 6. The highest BCUT2D eigenvalue weighted by atomic mass is 32.2. The fraction of sp³-hybridized carbons (Fsp3) is 0.0571. The maximum atomic E-state index is 14.3. The third-order valence-corrected chi connectivity index (χ3v) is 15.1. The summed E-state index contributed by atoms with van der Waals surface area (Å²) in [6.45, 7) is 2.89. The SMILES string of the molecule is Cc1ccc2c(NC(=O)Nc3c4ccc(C)c3S(=O)(=O)N4c3cc(S(=O)(=O)O)c(O)c4ccccc34)c1S(=O)(=O)N2c1cc(S(=O)(=O)O)c(O)c2ccccc12. The number of nitrogens with zero attached hydrogens (tertiary/aromatic N) is 2. The minimum atomic E-state index is -5.08. The molecule has 17 nitrogen and oxygen atoms in total. The van der Waals surface area contributed by atoms with Crippen molar-refractivity contribution in [3.63, 3.8) is 0 Å². The van der Waals surface area contributed by atoms with E-state index in [1.54, 1.807) is 0 Å². The Balaban J connectivity index is 1.25. The first-order valence-corrected chi connectivity index (χ1v) is 21.8. The van der Waals surface area contributed by atoms with Gasteiger partial charge in [0.15, 0.2) is 0 Å². The summed E-state index contributed by atoms with van der Waals surface area (Å²) in [5.74, 6) is -1.64. The molecule has 2 amide bonds. The number of phenols is 2. The molecule has 6 aromatic rings. The molecule has 0 fully saturated rings. The number of sulfonamides is 2. The smallest absolute Gasteiger partial charge is 0.323 e. The number of hydrogen-bond donors (Lipinski definition) is 6. The van der Waals surface area contributed by atoms with Crippen LogP contribution >= 0.6 is 0 Å². The van der Waals surface area contributed by atoms with Gasteiger partial charge in [0.25, 0.3) is 40.3 Å². The number of aryl methyl sites for hydroxylation is 2. The minimum absolute atomic E-state index is 0.0700. The van der Waals surface area contributed by atoms with Gasteiger partial charge in [0.05, 0.1) is 34.1 Å². The number of rotatable bonds is 6. The summed E-state index contributed by atoms with van der Waals surface area (Å²) >= 11 is 0. The molecule has 0 radical (unpaired) electrons. The molecule has 2 aliphatic heterocycles. The molecule has 0 unspecified atom stereocenters. The minimum Gasteiger partial charge on any atom is -0.506 e. The summed E-state index contributed by atoms with van der Waals surface area (Å²) in [5.41, 5.74) is -1.14. The molecular formula is C35H26N4O13S4. The predicted octanol–water partition coefficient (Wildman–Crippen LogP) is 5.84. The Bertz CT molecular complexity index is 3050. The standard InChI is InChI=1S/C35H26N4O13S4/c1-17-11-13-23-29(33(17)53(43,44)38(23)25-15-27(55(47,48)49)31(40)21-9-5-3-7-19(21)25)36-35(42)37-30-24-14-12-18(2)34(30)54(45,46)39(24)26-16-28(56(50,51)52)32(41)22-10-6-4-8-20(22)26/h3-16,40-41H,1-2H3,(H2,36,37,42)(H,47,48,49)(H,50,51,52). The van der Waals surface area contributed by atoms with Gasteiger partial charge in [0, 0.05) is 21.5 Å². The molecule has 288 valence electrons. The van der Waals surface area contributed by atoms with Crippen molar-refractivity contribution in [1.29, 1.82) is 0 Å². The molecule has 8 rings (SSSR count). The molecule has 4 bridgehead atoms. The van der Waals surface area contributed by atoms with Gasteiger partial charge < -0.3 is 20.8 Å². The van der Waals surface area contributed by atoms with E-state index in [0.29, 0.717) is 0 Å². The molecule has 0 aliphatic carbocycles. The van der Waals surface area contributed by atoms with Gasteiger partial charge in [-0.3, -0.25) is 9.11 Å². The van der Waals surface area contributed by atoms with Crippen LogP contribution in [0.15, 0.2) is 105 Å². The first kappa shape index (κ1) is 37.0. The molecule has 0 aromatic heterocycles. The number of anilines is 6. The lowest BCUT2D eigenvalue weighted by Gasteiger charge is -2.22. The van der Waals surface area contributed by atoms with Crippen molar-refractivity contribution in [1.82, 2.24) is 0 Å².